The second kappa shape index (κ2) is 11.5. The van der Waals surface area contributed by atoms with Gasteiger partial charge in [0, 0.05) is 27.3 Å². The number of nitrogens with one attached hydrogen (secondary N) is 2. The Morgan fingerprint density at radius 3 is 2.59 bits per heavy atom. The van der Waals surface area contributed by atoms with Crippen LogP contribution in [-0.2, 0) is 16.0 Å². The van der Waals surface area contributed by atoms with Crippen molar-refractivity contribution in [3.8, 4) is 0 Å². The maximum Gasteiger partial charge on any atom is 0.341 e. The zero-order valence-corrected chi connectivity index (χ0v) is 19.1. The van der Waals surface area contributed by atoms with E-state index < -0.39 is 0 Å². The van der Waals surface area contributed by atoms with Crippen LogP contribution in [0.2, 0.25) is 0 Å². The number of nitrogens with zero attached hydrogens (tertiary/aromatic N) is 1. The Bertz CT molecular complexity index is 624. The lowest BCUT2D eigenvalue weighted by atomic mass is 9.83. The maximum absolute atomic E-state index is 11.7. The molecule has 1 aliphatic carbocycles. The number of rotatable bonds is 8. The van der Waals surface area contributed by atoms with Gasteiger partial charge in [0.15, 0.2) is 5.96 Å². The van der Waals surface area contributed by atoms with E-state index in [-0.39, 0.29) is 35.4 Å². The molecule has 1 aromatic rings. The van der Waals surface area contributed by atoms with Gasteiger partial charge in [0.1, 0.15) is 17.1 Å². The standard InChI is InChI=1S/C19H31N3O4.HI/c1-14-16(17(23)25-4)11-15(26-14)12-21-18(20-2)22-13-19(9-10-24-3)7-5-6-8-19;/h11H,5-10,12-13H2,1-4H3,(H2,20,21,22);1H. The van der Waals surface area contributed by atoms with Gasteiger partial charge in [0.2, 0.25) is 0 Å². The van der Waals surface area contributed by atoms with Gasteiger partial charge in [-0.15, -0.1) is 24.0 Å². The van der Waals surface area contributed by atoms with Gasteiger partial charge in [0.25, 0.3) is 0 Å². The van der Waals surface area contributed by atoms with Gasteiger partial charge in [-0.25, -0.2) is 4.79 Å². The average Bonchev–Trinajstić information content (AvgIpc) is 3.26. The van der Waals surface area contributed by atoms with Crippen LogP contribution in [0.4, 0.5) is 0 Å². The van der Waals surface area contributed by atoms with Crippen molar-refractivity contribution >= 4 is 35.9 Å². The van der Waals surface area contributed by atoms with E-state index in [1.807, 2.05) is 0 Å². The van der Waals surface area contributed by atoms with Crippen molar-refractivity contribution in [2.75, 3.05) is 34.4 Å². The van der Waals surface area contributed by atoms with Crippen LogP contribution in [0.15, 0.2) is 15.5 Å². The van der Waals surface area contributed by atoms with Crippen LogP contribution in [0, 0.1) is 12.3 Å². The van der Waals surface area contributed by atoms with Crippen LogP contribution in [0.1, 0.15) is 54.0 Å². The van der Waals surface area contributed by atoms with Crippen molar-refractivity contribution in [1.29, 1.82) is 0 Å². The Morgan fingerprint density at radius 1 is 1.30 bits per heavy atom. The average molecular weight is 493 g/mol. The fourth-order valence-electron chi connectivity index (χ4n) is 3.56. The number of furan rings is 1. The monoisotopic (exact) mass is 493 g/mol. The lowest BCUT2D eigenvalue weighted by molar-refractivity contribution is 0.0599. The van der Waals surface area contributed by atoms with Crippen molar-refractivity contribution in [3.05, 3.63) is 23.2 Å². The third kappa shape index (κ3) is 6.67. The van der Waals surface area contributed by atoms with E-state index in [2.05, 4.69) is 15.6 Å². The second-order valence-electron chi connectivity index (χ2n) is 6.90. The molecule has 1 saturated carbocycles. The predicted octanol–water partition coefficient (Wildman–Crippen LogP) is 3.25. The summed E-state index contributed by atoms with van der Waals surface area (Å²) in [7, 11) is 4.87. The van der Waals surface area contributed by atoms with Crippen molar-refractivity contribution in [2.45, 2.75) is 45.6 Å². The summed E-state index contributed by atoms with van der Waals surface area (Å²) in [6.45, 7) is 3.86. The smallest absolute Gasteiger partial charge is 0.341 e. The zero-order chi connectivity index (χ0) is 19.0. The highest BCUT2D eigenvalue weighted by atomic mass is 127. The summed E-state index contributed by atoms with van der Waals surface area (Å²) in [5.74, 6) is 1.56. The first-order valence-corrected chi connectivity index (χ1v) is 9.14. The van der Waals surface area contributed by atoms with Crippen LogP contribution in [0.5, 0.6) is 0 Å². The Kier molecular flexibility index (Phi) is 10.1. The lowest BCUT2D eigenvalue weighted by Gasteiger charge is -2.29. The Labute approximate surface area is 178 Å². The first-order valence-electron chi connectivity index (χ1n) is 9.14. The number of halogens is 1. The van der Waals surface area contributed by atoms with Crippen molar-refractivity contribution < 1.29 is 18.7 Å². The predicted molar refractivity (Wildman–Crippen MR) is 116 cm³/mol. The van der Waals surface area contributed by atoms with Crippen molar-refractivity contribution in [2.24, 2.45) is 10.4 Å². The van der Waals surface area contributed by atoms with Crippen LogP contribution >= 0.6 is 24.0 Å². The molecule has 0 bridgehead atoms. The van der Waals surface area contributed by atoms with Gasteiger partial charge in [-0.2, -0.15) is 0 Å². The molecular formula is C19H32IN3O4. The minimum atomic E-state index is -0.388. The summed E-state index contributed by atoms with van der Waals surface area (Å²) in [6, 6.07) is 1.71. The van der Waals surface area contributed by atoms with E-state index in [9.17, 15) is 4.79 Å². The summed E-state index contributed by atoms with van der Waals surface area (Å²) in [4.78, 5) is 16.0. The summed E-state index contributed by atoms with van der Waals surface area (Å²) >= 11 is 0. The highest BCUT2D eigenvalue weighted by molar-refractivity contribution is 14.0. The number of hydrogen-bond acceptors (Lipinski definition) is 5. The number of carbonyl (C=O) groups is 1. The molecule has 8 heteroatoms. The number of aryl methyl sites for hydroxylation is 1. The molecule has 0 radical (unpaired) electrons. The van der Waals surface area contributed by atoms with E-state index in [1.165, 1.54) is 32.8 Å². The van der Waals surface area contributed by atoms with Gasteiger partial charge in [-0.3, -0.25) is 4.99 Å². The third-order valence-corrected chi connectivity index (χ3v) is 5.16. The lowest BCUT2D eigenvalue weighted by Crippen LogP contribution is -2.43. The largest absolute Gasteiger partial charge is 0.465 e. The maximum atomic E-state index is 11.7. The van der Waals surface area contributed by atoms with Gasteiger partial charge >= 0.3 is 5.97 Å². The molecule has 27 heavy (non-hydrogen) atoms. The van der Waals surface area contributed by atoms with E-state index in [1.54, 1.807) is 27.1 Å². The van der Waals surface area contributed by atoms with Crippen LogP contribution in [0.3, 0.4) is 0 Å². The molecule has 0 aromatic carbocycles. The first kappa shape index (κ1) is 23.7. The summed E-state index contributed by atoms with van der Waals surface area (Å²) in [5, 5.41) is 6.68. The molecule has 1 aliphatic rings. The van der Waals surface area contributed by atoms with Crippen molar-refractivity contribution in [3.63, 3.8) is 0 Å². The van der Waals surface area contributed by atoms with E-state index in [4.69, 9.17) is 13.9 Å². The molecule has 0 unspecified atom stereocenters. The summed E-state index contributed by atoms with van der Waals surface area (Å²) in [6.07, 6.45) is 6.06. The Morgan fingerprint density at radius 2 is 2.00 bits per heavy atom. The molecule has 2 N–H and O–H groups in total. The fourth-order valence-corrected chi connectivity index (χ4v) is 3.56. The normalized spacial score (nSPS) is 15.9. The minimum Gasteiger partial charge on any atom is -0.465 e. The number of aliphatic imine (C=N–C) groups is 1. The summed E-state index contributed by atoms with van der Waals surface area (Å²) in [5.41, 5.74) is 0.740. The topological polar surface area (TPSA) is 85.1 Å². The number of esters is 1. The second-order valence-corrected chi connectivity index (χ2v) is 6.90. The molecule has 154 valence electrons. The minimum absolute atomic E-state index is 0. The van der Waals surface area contributed by atoms with E-state index >= 15 is 0 Å². The zero-order valence-electron chi connectivity index (χ0n) is 16.7. The molecule has 1 aromatic heterocycles. The molecule has 0 amide bonds. The quantitative estimate of drug-likeness (QED) is 0.250. The van der Waals surface area contributed by atoms with Gasteiger partial charge < -0.3 is 24.5 Å². The third-order valence-electron chi connectivity index (χ3n) is 5.16. The highest BCUT2D eigenvalue weighted by Crippen LogP contribution is 2.40. The van der Waals surface area contributed by atoms with Crippen LogP contribution in [-0.4, -0.2) is 46.3 Å². The Balaban J connectivity index is 0.00000364. The molecule has 2 rings (SSSR count). The number of hydrogen-bond donors (Lipinski definition) is 2. The molecule has 0 spiro atoms. The molecule has 0 aliphatic heterocycles. The fraction of sp³-hybridized carbons (Fsp3) is 0.684. The molecular weight excluding hydrogens is 461 g/mol. The van der Waals surface area contributed by atoms with Crippen LogP contribution < -0.4 is 10.6 Å². The molecule has 1 heterocycles. The number of carbonyl (C=O) groups excluding carboxylic acids is 1. The molecule has 7 nitrogen and oxygen atoms in total. The number of ether oxygens (including phenoxy) is 2. The SMILES string of the molecule is CN=C(NCc1cc(C(=O)OC)c(C)o1)NCC1(CCOC)CCCC1.I. The van der Waals surface area contributed by atoms with Gasteiger partial charge in [-0.05, 0) is 37.7 Å². The van der Waals surface area contributed by atoms with Crippen molar-refractivity contribution in [1.82, 2.24) is 10.6 Å². The van der Waals surface area contributed by atoms with E-state index in [0.29, 0.717) is 23.6 Å². The van der Waals surface area contributed by atoms with Gasteiger partial charge in [0.05, 0.1) is 13.7 Å². The van der Waals surface area contributed by atoms with E-state index in [0.717, 1.165) is 25.5 Å². The van der Waals surface area contributed by atoms with Gasteiger partial charge in [-0.1, -0.05) is 12.8 Å². The molecule has 0 atom stereocenters. The first-order chi connectivity index (χ1) is 12.5. The molecule has 1 fully saturated rings. The Hall–Kier alpha value is -1.29. The summed E-state index contributed by atoms with van der Waals surface area (Å²) < 4.78 is 15.7. The highest BCUT2D eigenvalue weighted by Gasteiger charge is 2.33. The van der Waals surface area contributed by atoms with Crippen LogP contribution in [0.25, 0.3) is 0 Å². The molecule has 0 saturated heterocycles. The number of guanidine groups is 1. The number of methoxy groups -OCH3 is 2.